The van der Waals surface area contributed by atoms with Crippen LogP contribution in [0, 0.1) is 0 Å². The van der Waals surface area contributed by atoms with Crippen molar-refractivity contribution in [2.75, 3.05) is 0 Å². The second kappa shape index (κ2) is 8.94. The number of nitrogens with zero attached hydrogens (tertiary/aromatic N) is 1. The maximum absolute atomic E-state index is 12.3. The largest absolute Gasteiger partial charge is 0.317 e. The van der Waals surface area contributed by atoms with E-state index in [9.17, 15) is 9.59 Å². The summed E-state index contributed by atoms with van der Waals surface area (Å²) in [5.41, 5.74) is 4.61. The van der Waals surface area contributed by atoms with Gasteiger partial charge >= 0.3 is 0 Å². The molecule has 0 atom stereocenters. The van der Waals surface area contributed by atoms with Crippen LogP contribution in [-0.4, -0.2) is 18.0 Å². The summed E-state index contributed by atoms with van der Waals surface area (Å²) in [5, 5.41) is 6.57. The predicted molar refractivity (Wildman–Crippen MR) is 102 cm³/mol. The highest BCUT2D eigenvalue weighted by Gasteiger charge is 2.15. The van der Waals surface area contributed by atoms with Crippen molar-refractivity contribution in [3.63, 3.8) is 0 Å². The molecule has 0 heterocycles. The molecule has 0 aromatic heterocycles. The molecule has 0 unspecified atom stereocenters. The molecule has 128 valence electrons. The van der Waals surface area contributed by atoms with Gasteiger partial charge < -0.3 is 5.32 Å². The molecule has 0 radical (unpaired) electrons. The Labute approximate surface area is 155 Å². The van der Waals surface area contributed by atoms with Gasteiger partial charge in [-0.25, -0.2) is 5.43 Å². The maximum atomic E-state index is 12.3. The van der Waals surface area contributed by atoms with Gasteiger partial charge in [0.05, 0.1) is 6.21 Å². The highest BCUT2D eigenvalue weighted by atomic mass is 79.9. The standard InChI is InChI=1S/C19H18BrN3O2/c1-13(2)17(22-18(24)15-8-4-3-5-9-15)19(25)23-21-12-14-7-6-10-16(20)11-14/h3-12H,1-2H3,(H,22,24)(H,23,25)/b21-12+. The first-order valence-electron chi connectivity index (χ1n) is 7.60. The van der Waals surface area contributed by atoms with Crippen molar-refractivity contribution in [1.82, 2.24) is 10.7 Å². The van der Waals surface area contributed by atoms with E-state index in [4.69, 9.17) is 0 Å². The van der Waals surface area contributed by atoms with E-state index >= 15 is 0 Å². The van der Waals surface area contributed by atoms with E-state index in [1.807, 2.05) is 30.3 Å². The van der Waals surface area contributed by atoms with Crippen molar-refractivity contribution in [2.24, 2.45) is 5.10 Å². The third-order valence-electron chi connectivity index (χ3n) is 3.23. The van der Waals surface area contributed by atoms with E-state index in [1.54, 1.807) is 38.1 Å². The van der Waals surface area contributed by atoms with E-state index in [0.717, 1.165) is 10.0 Å². The van der Waals surface area contributed by atoms with Gasteiger partial charge in [-0.05, 0) is 49.2 Å². The molecule has 0 spiro atoms. The summed E-state index contributed by atoms with van der Waals surface area (Å²) in [6, 6.07) is 16.2. The molecule has 2 rings (SSSR count). The van der Waals surface area contributed by atoms with Gasteiger partial charge in [0.15, 0.2) is 0 Å². The van der Waals surface area contributed by atoms with Gasteiger partial charge in [0.2, 0.25) is 0 Å². The molecule has 6 heteroatoms. The fourth-order valence-electron chi connectivity index (χ4n) is 1.99. The van der Waals surface area contributed by atoms with Crippen molar-refractivity contribution in [3.8, 4) is 0 Å². The predicted octanol–water partition coefficient (Wildman–Crippen LogP) is 3.62. The zero-order chi connectivity index (χ0) is 18.2. The highest BCUT2D eigenvalue weighted by molar-refractivity contribution is 9.10. The van der Waals surface area contributed by atoms with Crippen LogP contribution in [0.15, 0.2) is 75.4 Å². The Morgan fingerprint density at radius 3 is 2.40 bits per heavy atom. The van der Waals surface area contributed by atoms with Crippen LogP contribution in [0.4, 0.5) is 0 Å². The molecule has 0 fully saturated rings. The lowest BCUT2D eigenvalue weighted by Crippen LogP contribution is -2.33. The van der Waals surface area contributed by atoms with Crippen LogP contribution < -0.4 is 10.7 Å². The summed E-state index contributed by atoms with van der Waals surface area (Å²) in [6.45, 7) is 3.50. The Kier molecular flexibility index (Phi) is 6.65. The molecule has 2 aromatic carbocycles. The van der Waals surface area contributed by atoms with Gasteiger partial charge in [-0.2, -0.15) is 5.10 Å². The zero-order valence-corrected chi connectivity index (χ0v) is 15.5. The van der Waals surface area contributed by atoms with Crippen LogP contribution in [0.2, 0.25) is 0 Å². The molecule has 2 aromatic rings. The fourth-order valence-corrected chi connectivity index (χ4v) is 2.41. The molecular weight excluding hydrogens is 382 g/mol. The number of carbonyl (C=O) groups is 2. The van der Waals surface area contributed by atoms with Crippen molar-refractivity contribution in [3.05, 3.63) is 81.5 Å². The van der Waals surface area contributed by atoms with Gasteiger partial charge in [-0.3, -0.25) is 9.59 Å². The number of allylic oxidation sites excluding steroid dienone is 1. The molecule has 0 saturated carbocycles. The summed E-state index contributed by atoms with van der Waals surface area (Å²) < 4.78 is 0.919. The Morgan fingerprint density at radius 2 is 1.76 bits per heavy atom. The van der Waals surface area contributed by atoms with Crippen LogP contribution in [0.3, 0.4) is 0 Å². The fraction of sp³-hybridized carbons (Fsp3) is 0.105. The van der Waals surface area contributed by atoms with Gasteiger partial charge in [-0.15, -0.1) is 0 Å². The topological polar surface area (TPSA) is 70.6 Å². The first kappa shape index (κ1) is 18.6. The Balaban J connectivity index is 2.04. The number of hydrogen-bond acceptors (Lipinski definition) is 3. The third kappa shape index (κ3) is 5.69. The highest BCUT2D eigenvalue weighted by Crippen LogP contribution is 2.10. The monoisotopic (exact) mass is 399 g/mol. The number of halogens is 1. The van der Waals surface area contributed by atoms with E-state index in [2.05, 4.69) is 31.8 Å². The summed E-state index contributed by atoms with van der Waals surface area (Å²) in [6.07, 6.45) is 1.53. The normalized spacial score (nSPS) is 10.4. The molecule has 0 bridgehead atoms. The van der Waals surface area contributed by atoms with Crippen LogP contribution in [-0.2, 0) is 4.79 Å². The number of benzene rings is 2. The van der Waals surface area contributed by atoms with Crippen molar-refractivity contribution in [2.45, 2.75) is 13.8 Å². The summed E-state index contributed by atoms with van der Waals surface area (Å²) in [5.74, 6) is -0.821. The number of rotatable bonds is 5. The summed E-state index contributed by atoms with van der Waals surface area (Å²) in [7, 11) is 0. The van der Waals surface area contributed by atoms with Gasteiger partial charge in [0, 0.05) is 10.0 Å². The molecule has 0 aliphatic rings. The van der Waals surface area contributed by atoms with Crippen molar-refractivity contribution in [1.29, 1.82) is 0 Å². The Bertz CT molecular complexity index is 826. The first-order valence-corrected chi connectivity index (χ1v) is 8.39. The lowest BCUT2D eigenvalue weighted by molar-refractivity contribution is -0.117. The molecule has 5 nitrogen and oxygen atoms in total. The molecule has 0 aliphatic carbocycles. The van der Waals surface area contributed by atoms with Crippen LogP contribution in [0.1, 0.15) is 29.8 Å². The minimum Gasteiger partial charge on any atom is -0.317 e. The summed E-state index contributed by atoms with van der Waals surface area (Å²) in [4.78, 5) is 24.5. The van der Waals surface area contributed by atoms with Crippen molar-refractivity contribution >= 4 is 34.0 Å². The second-order valence-corrected chi connectivity index (χ2v) is 6.36. The molecule has 0 aliphatic heterocycles. The number of amides is 2. The average molecular weight is 400 g/mol. The van der Waals surface area contributed by atoms with Crippen LogP contribution >= 0.6 is 15.9 Å². The number of hydrazone groups is 1. The number of carbonyl (C=O) groups excluding carboxylic acids is 2. The van der Waals surface area contributed by atoms with Gasteiger partial charge in [0.25, 0.3) is 11.8 Å². The number of nitrogens with one attached hydrogen (secondary N) is 2. The van der Waals surface area contributed by atoms with Crippen LogP contribution in [0.5, 0.6) is 0 Å². The van der Waals surface area contributed by atoms with E-state index < -0.39 is 5.91 Å². The molecule has 25 heavy (non-hydrogen) atoms. The van der Waals surface area contributed by atoms with E-state index in [0.29, 0.717) is 11.1 Å². The minimum absolute atomic E-state index is 0.181. The molecule has 0 saturated heterocycles. The summed E-state index contributed by atoms with van der Waals surface area (Å²) >= 11 is 3.37. The molecular formula is C19H18BrN3O2. The third-order valence-corrected chi connectivity index (χ3v) is 3.72. The maximum Gasteiger partial charge on any atom is 0.287 e. The number of hydrogen-bond donors (Lipinski definition) is 2. The lowest BCUT2D eigenvalue weighted by atomic mass is 10.2. The van der Waals surface area contributed by atoms with Crippen LogP contribution in [0.25, 0.3) is 0 Å². The van der Waals surface area contributed by atoms with E-state index in [-0.39, 0.29) is 11.6 Å². The van der Waals surface area contributed by atoms with Crippen molar-refractivity contribution < 1.29 is 9.59 Å². The Hall–Kier alpha value is -2.73. The van der Waals surface area contributed by atoms with Gasteiger partial charge in [0.1, 0.15) is 5.70 Å². The molecule has 2 N–H and O–H groups in total. The van der Waals surface area contributed by atoms with E-state index in [1.165, 1.54) is 6.21 Å². The molecule has 2 amide bonds. The Morgan fingerprint density at radius 1 is 1.04 bits per heavy atom. The lowest BCUT2D eigenvalue weighted by Gasteiger charge is -2.10. The second-order valence-electron chi connectivity index (χ2n) is 5.45. The van der Waals surface area contributed by atoms with Gasteiger partial charge in [-0.1, -0.05) is 46.3 Å². The SMILES string of the molecule is CC(C)=C(NC(=O)c1ccccc1)C(=O)N/N=C/c1cccc(Br)c1. The quantitative estimate of drug-likeness (QED) is 0.457. The zero-order valence-electron chi connectivity index (χ0n) is 13.9. The average Bonchev–Trinajstić information content (AvgIpc) is 2.60. The first-order chi connectivity index (χ1) is 12.0. The minimum atomic E-state index is -0.476. The smallest absolute Gasteiger partial charge is 0.287 e.